The van der Waals surface area contributed by atoms with Crippen LogP contribution in [0.3, 0.4) is 0 Å². The predicted molar refractivity (Wildman–Crippen MR) is 94.7 cm³/mol. The number of nitrogens with zero attached hydrogens (tertiary/aromatic N) is 4. The van der Waals surface area contributed by atoms with Gasteiger partial charge in [-0.25, -0.2) is 0 Å². The van der Waals surface area contributed by atoms with Crippen LogP contribution in [-0.2, 0) is 9.47 Å². The molecule has 2 saturated heterocycles. The normalized spacial score (nSPS) is 22.7. The number of benzene rings is 1. The van der Waals surface area contributed by atoms with Crippen LogP contribution in [0, 0.1) is 0 Å². The zero-order chi connectivity index (χ0) is 17.9. The summed E-state index contributed by atoms with van der Waals surface area (Å²) in [7, 11) is 1.49. The first-order valence-corrected chi connectivity index (χ1v) is 8.96. The molecule has 1 aromatic carbocycles. The van der Waals surface area contributed by atoms with Crippen LogP contribution >= 0.6 is 0 Å². The van der Waals surface area contributed by atoms with Gasteiger partial charge in [-0.2, -0.15) is 4.98 Å². The number of rotatable bonds is 5. The third kappa shape index (κ3) is 3.59. The van der Waals surface area contributed by atoms with Crippen LogP contribution in [0.4, 0.5) is 6.01 Å². The molecule has 2 aliphatic rings. The van der Waals surface area contributed by atoms with Crippen molar-refractivity contribution in [2.24, 2.45) is 0 Å². The molecular weight excluding hydrogens is 336 g/mol. The molecule has 0 spiro atoms. The van der Waals surface area contributed by atoms with Gasteiger partial charge in [-0.05, 0) is 18.1 Å². The fraction of sp³-hybridized carbons (Fsp3) is 0.556. The minimum atomic E-state index is -0.863. The number of ether oxygens (including phenoxy) is 2. The van der Waals surface area contributed by atoms with E-state index in [2.05, 4.69) is 22.3 Å². The Labute approximate surface area is 152 Å². The van der Waals surface area contributed by atoms with Gasteiger partial charge in [-0.1, -0.05) is 23.4 Å². The summed E-state index contributed by atoms with van der Waals surface area (Å²) in [6.45, 7) is 4.33. The Bertz CT molecular complexity index is 723. The van der Waals surface area contributed by atoms with E-state index in [1.165, 1.54) is 12.7 Å². The summed E-state index contributed by atoms with van der Waals surface area (Å²) >= 11 is 0. The Hall–Kier alpha value is -2.00. The molecule has 2 unspecified atom stereocenters. The molecule has 2 fully saturated rings. The minimum Gasteiger partial charge on any atom is -0.381 e. The first-order chi connectivity index (χ1) is 12.7. The van der Waals surface area contributed by atoms with Crippen molar-refractivity contribution in [3.8, 4) is 11.4 Å². The maximum Gasteiger partial charge on any atom is 0.324 e. The van der Waals surface area contributed by atoms with E-state index in [9.17, 15) is 5.11 Å². The molecule has 3 heterocycles. The Morgan fingerprint density at radius 1 is 1.27 bits per heavy atom. The number of hydrogen-bond acceptors (Lipinski definition) is 8. The van der Waals surface area contributed by atoms with E-state index < -0.39 is 6.41 Å². The van der Waals surface area contributed by atoms with Gasteiger partial charge in [-0.15, -0.1) is 0 Å². The Morgan fingerprint density at radius 3 is 2.85 bits per heavy atom. The highest BCUT2D eigenvalue weighted by Crippen LogP contribution is 2.29. The first kappa shape index (κ1) is 17.4. The maximum absolute atomic E-state index is 9.73. The van der Waals surface area contributed by atoms with Crippen LogP contribution < -0.4 is 4.90 Å². The van der Waals surface area contributed by atoms with Crippen LogP contribution in [0.2, 0.25) is 0 Å². The molecule has 2 aliphatic heterocycles. The van der Waals surface area contributed by atoms with Gasteiger partial charge >= 0.3 is 6.01 Å². The summed E-state index contributed by atoms with van der Waals surface area (Å²) in [5.41, 5.74) is 2.21. The smallest absolute Gasteiger partial charge is 0.324 e. The van der Waals surface area contributed by atoms with Crippen LogP contribution in [0.15, 0.2) is 28.8 Å². The number of anilines is 1. The number of methoxy groups -OCH3 is 1. The fourth-order valence-corrected chi connectivity index (χ4v) is 3.47. The predicted octanol–water partition coefficient (Wildman–Crippen LogP) is 1.28. The number of aliphatic hydroxyl groups is 1. The molecule has 4 rings (SSSR count). The maximum atomic E-state index is 9.73. The molecule has 0 saturated carbocycles. The molecule has 1 N–H and O–H groups in total. The van der Waals surface area contributed by atoms with E-state index >= 15 is 0 Å². The monoisotopic (exact) mass is 360 g/mol. The standard InChI is InChI=1S/C18H24N4O4/c1-24-18(23)22-8-6-21(7-9-22)17-19-16(20-26-17)14-4-2-3-13(11-14)15-5-10-25-12-15/h2-4,11,15,18,23H,5-10,12H2,1H3. The molecule has 0 bridgehead atoms. The number of aliphatic hydroxyl groups excluding tert-OH is 1. The lowest BCUT2D eigenvalue weighted by atomic mass is 9.97. The van der Waals surface area contributed by atoms with Gasteiger partial charge in [0.2, 0.25) is 12.2 Å². The minimum absolute atomic E-state index is 0.446. The molecule has 26 heavy (non-hydrogen) atoms. The third-order valence-electron chi connectivity index (χ3n) is 5.07. The molecule has 0 radical (unpaired) electrons. The lowest BCUT2D eigenvalue weighted by Crippen LogP contribution is -2.51. The van der Waals surface area contributed by atoms with Crippen LogP contribution in [0.1, 0.15) is 17.9 Å². The summed E-state index contributed by atoms with van der Waals surface area (Å²) in [4.78, 5) is 8.46. The molecule has 1 aromatic heterocycles. The average Bonchev–Trinajstić information content (AvgIpc) is 3.40. The van der Waals surface area contributed by atoms with Gasteiger partial charge < -0.3 is 24.0 Å². The Morgan fingerprint density at radius 2 is 2.12 bits per heavy atom. The van der Waals surface area contributed by atoms with Crippen LogP contribution in [0.25, 0.3) is 11.4 Å². The quantitative estimate of drug-likeness (QED) is 0.799. The highest BCUT2D eigenvalue weighted by molar-refractivity contribution is 5.57. The summed E-state index contributed by atoms with van der Waals surface area (Å²) in [5, 5.41) is 13.9. The van der Waals surface area contributed by atoms with Crippen LogP contribution in [-0.4, -0.2) is 73.1 Å². The van der Waals surface area contributed by atoms with Crippen LogP contribution in [0.5, 0.6) is 0 Å². The van der Waals surface area contributed by atoms with Gasteiger partial charge in [0.1, 0.15) is 0 Å². The molecule has 2 atom stereocenters. The lowest BCUT2D eigenvalue weighted by molar-refractivity contribution is -0.177. The number of aromatic nitrogens is 2. The second kappa shape index (κ2) is 7.71. The Kier molecular flexibility index (Phi) is 5.16. The van der Waals surface area contributed by atoms with Gasteiger partial charge in [0.05, 0.1) is 6.61 Å². The van der Waals surface area contributed by atoms with E-state index in [1.54, 1.807) is 0 Å². The molecule has 140 valence electrons. The number of piperazine rings is 1. The van der Waals surface area contributed by atoms with Crippen molar-refractivity contribution in [3.05, 3.63) is 29.8 Å². The summed E-state index contributed by atoms with van der Waals surface area (Å²) in [6, 6.07) is 8.80. The van der Waals surface area contributed by atoms with E-state index in [0.29, 0.717) is 43.9 Å². The SMILES string of the molecule is COC(O)N1CCN(c2nc(-c3cccc(C4CCOC4)c3)no2)CC1. The topological polar surface area (TPSA) is 84.1 Å². The van der Waals surface area contributed by atoms with Crippen molar-refractivity contribution in [1.29, 1.82) is 0 Å². The molecule has 8 nitrogen and oxygen atoms in total. The van der Waals surface area contributed by atoms with Gasteiger partial charge in [-0.3, -0.25) is 4.90 Å². The molecular formula is C18H24N4O4. The average molecular weight is 360 g/mol. The van der Waals surface area contributed by atoms with Crippen molar-refractivity contribution in [2.45, 2.75) is 18.8 Å². The van der Waals surface area contributed by atoms with E-state index in [1.807, 2.05) is 21.9 Å². The number of hydrogen-bond donors (Lipinski definition) is 1. The van der Waals surface area contributed by atoms with Crippen molar-refractivity contribution in [1.82, 2.24) is 15.0 Å². The van der Waals surface area contributed by atoms with Crippen molar-refractivity contribution >= 4 is 6.01 Å². The Balaban J connectivity index is 1.44. The van der Waals surface area contributed by atoms with Crippen molar-refractivity contribution < 1.29 is 19.1 Å². The zero-order valence-corrected chi connectivity index (χ0v) is 14.9. The molecule has 2 aromatic rings. The highest BCUT2D eigenvalue weighted by atomic mass is 16.6. The van der Waals surface area contributed by atoms with Gasteiger partial charge in [0.25, 0.3) is 0 Å². The van der Waals surface area contributed by atoms with Gasteiger partial charge in [0.15, 0.2) is 0 Å². The van der Waals surface area contributed by atoms with Gasteiger partial charge in [0, 0.05) is 51.4 Å². The second-order valence-electron chi connectivity index (χ2n) is 6.67. The highest BCUT2D eigenvalue weighted by Gasteiger charge is 2.25. The summed E-state index contributed by atoms with van der Waals surface area (Å²) in [6.07, 6.45) is 0.191. The first-order valence-electron chi connectivity index (χ1n) is 8.96. The zero-order valence-electron chi connectivity index (χ0n) is 14.9. The van der Waals surface area contributed by atoms with E-state index in [-0.39, 0.29) is 0 Å². The largest absolute Gasteiger partial charge is 0.381 e. The van der Waals surface area contributed by atoms with Crippen molar-refractivity contribution in [2.75, 3.05) is 51.4 Å². The molecule has 0 aliphatic carbocycles. The van der Waals surface area contributed by atoms with E-state index in [0.717, 1.165) is 25.2 Å². The lowest BCUT2D eigenvalue weighted by Gasteiger charge is -2.35. The van der Waals surface area contributed by atoms with Crippen molar-refractivity contribution in [3.63, 3.8) is 0 Å². The third-order valence-corrected chi connectivity index (χ3v) is 5.07. The van der Waals surface area contributed by atoms with E-state index in [4.69, 9.17) is 14.0 Å². The molecule has 0 amide bonds. The molecule has 8 heteroatoms. The fourth-order valence-electron chi connectivity index (χ4n) is 3.47. The summed E-state index contributed by atoms with van der Waals surface area (Å²) in [5.74, 6) is 1.04. The summed E-state index contributed by atoms with van der Waals surface area (Å²) < 4.78 is 15.9. The second-order valence-corrected chi connectivity index (χ2v) is 6.67.